The molecule has 25 heavy (non-hydrogen) atoms. The summed E-state index contributed by atoms with van der Waals surface area (Å²) in [7, 11) is 0. The van der Waals surface area contributed by atoms with Crippen LogP contribution in [0.5, 0.6) is 0 Å². The van der Waals surface area contributed by atoms with Crippen LogP contribution in [-0.4, -0.2) is 10.9 Å². The van der Waals surface area contributed by atoms with Crippen molar-refractivity contribution in [2.24, 2.45) is 0 Å². The van der Waals surface area contributed by atoms with E-state index in [0.717, 1.165) is 12.1 Å². The molecular formula is C18H12F3N3O. The maximum Gasteiger partial charge on any atom is 0.274 e. The molecule has 0 aliphatic carbocycles. The Bertz CT molecular complexity index is 914. The van der Waals surface area contributed by atoms with E-state index >= 15 is 0 Å². The van der Waals surface area contributed by atoms with E-state index in [1.54, 1.807) is 18.2 Å². The lowest BCUT2D eigenvalue weighted by Crippen LogP contribution is -2.13. The SMILES string of the molecule is O=C(Nc1ccc(F)c(F)c1)c1ccc(Nc2cccc(F)c2)cn1. The van der Waals surface area contributed by atoms with Crippen molar-refractivity contribution < 1.29 is 18.0 Å². The standard InChI is InChI=1S/C18H12F3N3O/c19-11-2-1-3-12(8-11)23-14-5-7-17(22-10-14)18(25)24-13-4-6-15(20)16(21)9-13/h1-10,23H,(H,24,25). The van der Waals surface area contributed by atoms with Gasteiger partial charge in [-0.25, -0.2) is 18.2 Å². The molecule has 2 N–H and O–H groups in total. The van der Waals surface area contributed by atoms with Gasteiger partial charge in [0, 0.05) is 17.4 Å². The Morgan fingerprint density at radius 2 is 1.64 bits per heavy atom. The van der Waals surface area contributed by atoms with Crippen molar-refractivity contribution in [3.63, 3.8) is 0 Å². The van der Waals surface area contributed by atoms with Gasteiger partial charge in [-0.3, -0.25) is 4.79 Å². The third-order valence-corrected chi connectivity index (χ3v) is 3.29. The molecule has 0 unspecified atom stereocenters. The first-order valence-corrected chi connectivity index (χ1v) is 7.26. The number of aromatic nitrogens is 1. The van der Waals surface area contributed by atoms with Crippen molar-refractivity contribution >= 4 is 23.0 Å². The van der Waals surface area contributed by atoms with Crippen LogP contribution in [0.4, 0.5) is 30.2 Å². The highest BCUT2D eigenvalue weighted by Gasteiger charge is 2.10. The van der Waals surface area contributed by atoms with Crippen LogP contribution in [0, 0.1) is 17.5 Å². The van der Waals surface area contributed by atoms with E-state index in [9.17, 15) is 18.0 Å². The Kier molecular flexibility index (Phi) is 4.65. The molecule has 1 amide bonds. The van der Waals surface area contributed by atoms with Gasteiger partial charge in [0.05, 0.1) is 11.9 Å². The summed E-state index contributed by atoms with van der Waals surface area (Å²) in [5, 5.41) is 5.37. The Hall–Kier alpha value is -3.35. The fraction of sp³-hybridized carbons (Fsp3) is 0. The molecule has 0 saturated carbocycles. The number of hydrogen-bond donors (Lipinski definition) is 2. The number of benzene rings is 2. The van der Waals surface area contributed by atoms with Crippen LogP contribution in [0.15, 0.2) is 60.8 Å². The molecule has 2 aromatic carbocycles. The van der Waals surface area contributed by atoms with Crippen LogP contribution < -0.4 is 10.6 Å². The first kappa shape index (κ1) is 16.5. The number of halogens is 3. The fourth-order valence-corrected chi connectivity index (χ4v) is 2.10. The summed E-state index contributed by atoms with van der Waals surface area (Å²) in [5.41, 5.74) is 1.32. The van der Waals surface area contributed by atoms with Gasteiger partial charge in [-0.05, 0) is 42.5 Å². The van der Waals surface area contributed by atoms with Gasteiger partial charge in [-0.15, -0.1) is 0 Å². The first-order chi connectivity index (χ1) is 12.0. The highest BCUT2D eigenvalue weighted by atomic mass is 19.2. The van der Waals surface area contributed by atoms with Crippen LogP contribution in [-0.2, 0) is 0 Å². The zero-order valence-electron chi connectivity index (χ0n) is 12.8. The second-order valence-corrected chi connectivity index (χ2v) is 5.15. The fourth-order valence-electron chi connectivity index (χ4n) is 2.10. The monoisotopic (exact) mass is 343 g/mol. The summed E-state index contributed by atoms with van der Waals surface area (Å²) in [5.74, 6) is -2.99. The van der Waals surface area contributed by atoms with Crippen LogP contribution in [0.25, 0.3) is 0 Å². The van der Waals surface area contributed by atoms with Gasteiger partial charge in [-0.1, -0.05) is 6.07 Å². The molecule has 1 aromatic heterocycles. The average molecular weight is 343 g/mol. The molecule has 4 nitrogen and oxygen atoms in total. The number of carbonyl (C=O) groups is 1. The summed E-state index contributed by atoms with van der Waals surface area (Å²) in [6.07, 6.45) is 1.41. The number of carbonyl (C=O) groups excluding carboxylic acids is 1. The van der Waals surface area contributed by atoms with Crippen molar-refractivity contribution in [2.45, 2.75) is 0 Å². The molecule has 0 atom stereocenters. The van der Waals surface area contributed by atoms with Crippen molar-refractivity contribution in [1.29, 1.82) is 0 Å². The zero-order valence-corrected chi connectivity index (χ0v) is 12.8. The number of amides is 1. The minimum absolute atomic E-state index is 0.0922. The van der Waals surface area contributed by atoms with Crippen molar-refractivity contribution in [2.75, 3.05) is 10.6 Å². The smallest absolute Gasteiger partial charge is 0.274 e. The highest BCUT2D eigenvalue weighted by molar-refractivity contribution is 6.02. The van der Waals surface area contributed by atoms with Gasteiger partial charge in [0.2, 0.25) is 0 Å². The summed E-state index contributed by atoms with van der Waals surface area (Å²) in [6.45, 7) is 0. The van der Waals surface area contributed by atoms with Crippen LogP contribution in [0.1, 0.15) is 10.5 Å². The number of nitrogens with zero attached hydrogens (tertiary/aromatic N) is 1. The van der Waals surface area contributed by atoms with E-state index in [1.165, 1.54) is 30.5 Å². The van der Waals surface area contributed by atoms with E-state index in [-0.39, 0.29) is 17.2 Å². The molecule has 0 spiro atoms. The summed E-state index contributed by atoms with van der Waals surface area (Å²) in [6, 6.07) is 12.0. The van der Waals surface area contributed by atoms with Gasteiger partial charge < -0.3 is 10.6 Å². The van der Waals surface area contributed by atoms with Crippen molar-refractivity contribution in [3.8, 4) is 0 Å². The number of nitrogens with one attached hydrogen (secondary N) is 2. The molecular weight excluding hydrogens is 331 g/mol. The number of hydrogen-bond acceptors (Lipinski definition) is 3. The van der Waals surface area contributed by atoms with Crippen LogP contribution in [0.3, 0.4) is 0 Å². The Morgan fingerprint density at radius 3 is 2.32 bits per heavy atom. The lowest BCUT2D eigenvalue weighted by molar-refractivity contribution is 0.102. The third-order valence-electron chi connectivity index (χ3n) is 3.29. The maximum absolute atomic E-state index is 13.1. The van der Waals surface area contributed by atoms with Gasteiger partial charge in [0.1, 0.15) is 11.5 Å². The minimum Gasteiger partial charge on any atom is -0.354 e. The van der Waals surface area contributed by atoms with E-state index in [4.69, 9.17) is 0 Å². The minimum atomic E-state index is -1.06. The maximum atomic E-state index is 13.1. The average Bonchev–Trinajstić information content (AvgIpc) is 2.59. The van der Waals surface area contributed by atoms with Gasteiger partial charge in [-0.2, -0.15) is 0 Å². The second kappa shape index (κ2) is 7.04. The number of anilines is 3. The van der Waals surface area contributed by atoms with Gasteiger partial charge >= 0.3 is 0 Å². The lowest BCUT2D eigenvalue weighted by Gasteiger charge is -2.08. The molecule has 7 heteroatoms. The summed E-state index contributed by atoms with van der Waals surface area (Å²) >= 11 is 0. The van der Waals surface area contributed by atoms with Crippen LogP contribution >= 0.6 is 0 Å². The van der Waals surface area contributed by atoms with Crippen molar-refractivity contribution in [1.82, 2.24) is 4.98 Å². The molecule has 0 radical (unpaired) electrons. The van der Waals surface area contributed by atoms with Crippen LogP contribution in [0.2, 0.25) is 0 Å². The topological polar surface area (TPSA) is 54.0 Å². The molecule has 3 rings (SSSR count). The third kappa shape index (κ3) is 4.14. The molecule has 0 fully saturated rings. The largest absolute Gasteiger partial charge is 0.354 e. The molecule has 0 saturated heterocycles. The van der Waals surface area contributed by atoms with Gasteiger partial charge in [0.25, 0.3) is 5.91 Å². The lowest BCUT2D eigenvalue weighted by atomic mass is 10.2. The van der Waals surface area contributed by atoms with Crippen molar-refractivity contribution in [3.05, 3.63) is 83.9 Å². The second-order valence-electron chi connectivity index (χ2n) is 5.15. The van der Waals surface area contributed by atoms with E-state index in [1.807, 2.05) is 0 Å². The molecule has 0 bridgehead atoms. The molecule has 126 valence electrons. The zero-order chi connectivity index (χ0) is 17.8. The highest BCUT2D eigenvalue weighted by Crippen LogP contribution is 2.18. The Morgan fingerprint density at radius 1 is 0.840 bits per heavy atom. The molecule has 1 heterocycles. The van der Waals surface area contributed by atoms with E-state index in [0.29, 0.717) is 11.4 Å². The quantitative estimate of drug-likeness (QED) is 0.734. The molecule has 0 aliphatic rings. The first-order valence-electron chi connectivity index (χ1n) is 7.26. The predicted molar refractivity (Wildman–Crippen MR) is 88.2 cm³/mol. The Balaban J connectivity index is 1.68. The van der Waals surface area contributed by atoms with E-state index < -0.39 is 17.5 Å². The number of rotatable bonds is 4. The predicted octanol–water partition coefficient (Wildman–Crippen LogP) is 4.49. The molecule has 0 aliphatic heterocycles. The van der Waals surface area contributed by atoms with E-state index in [2.05, 4.69) is 15.6 Å². The normalized spacial score (nSPS) is 10.4. The Labute approximate surface area is 141 Å². The van der Waals surface area contributed by atoms with Gasteiger partial charge in [0.15, 0.2) is 11.6 Å². The summed E-state index contributed by atoms with van der Waals surface area (Å²) in [4.78, 5) is 16.1. The number of pyridine rings is 1. The summed E-state index contributed by atoms with van der Waals surface area (Å²) < 4.78 is 39.2. The molecule has 3 aromatic rings.